The monoisotopic (exact) mass is 710 g/mol. The Morgan fingerprint density at radius 2 is 1.62 bits per heavy atom. The molecular weight excluding hydrogens is 661 g/mol. The normalized spacial score (nSPS) is 21.5. The van der Waals surface area contributed by atoms with Gasteiger partial charge < -0.3 is 23.7 Å². The number of benzene rings is 3. The fourth-order valence-electron chi connectivity index (χ4n) is 7.79. The maximum atomic E-state index is 11.5. The zero-order valence-electron chi connectivity index (χ0n) is 29.6. The van der Waals surface area contributed by atoms with Gasteiger partial charge in [-0.05, 0) is 58.1 Å². The maximum Gasteiger partial charge on any atom is 0.305 e. The van der Waals surface area contributed by atoms with Gasteiger partial charge in [-0.3, -0.25) is 4.79 Å². The molecule has 1 saturated carbocycles. The van der Waals surface area contributed by atoms with Gasteiger partial charge in [-0.1, -0.05) is 124 Å². The van der Waals surface area contributed by atoms with Gasteiger partial charge >= 0.3 is 5.97 Å². The number of methoxy groups -OCH3 is 1. The first-order valence-electron chi connectivity index (χ1n) is 17.8. The molecule has 50 heavy (non-hydrogen) atoms. The lowest BCUT2D eigenvalue weighted by molar-refractivity contribution is -0.176. The van der Waals surface area contributed by atoms with Gasteiger partial charge in [-0.15, -0.1) is 11.3 Å². The summed E-state index contributed by atoms with van der Waals surface area (Å²) in [6.07, 6.45) is 10.7. The van der Waals surface area contributed by atoms with Crippen LogP contribution in [0.1, 0.15) is 63.9 Å². The molecule has 6 nitrogen and oxygen atoms in total. The molecule has 2 heterocycles. The Hall–Kier alpha value is -3.37. The Morgan fingerprint density at radius 1 is 0.980 bits per heavy atom. The third-order valence-corrected chi connectivity index (χ3v) is 16.4. The zero-order chi connectivity index (χ0) is 35.2. The van der Waals surface area contributed by atoms with Crippen molar-refractivity contribution in [3.8, 4) is 0 Å². The molecule has 0 radical (unpaired) electrons. The van der Waals surface area contributed by atoms with Gasteiger partial charge in [0.05, 0.1) is 32.5 Å². The standard InChI is InChI=1S/C42H50O6SSi/c1-41(2,3)50(32-18-9-7-10-19-32,33-20-11-8-12-21-33)48-37(39-29-31-17-15-16-23-38(31)49-39)26-25-35-34(22-13-5-6-14-24-40(44)45-4)36(43)30-42(35)46-27-28-47-42/h5,7-13,15-21,23,25-26,29,34-37,43H,6,14,22,24,27-28,30H2,1-4H3/t34-,35-,36+,37?/m1/s1. The van der Waals surface area contributed by atoms with Crippen LogP contribution in [0.15, 0.2) is 115 Å². The van der Waals surface area contributed by atoms with Crippen LogP contribution in [0.2, 0.25) is 5.04 Å². The van der Waals surface area contributed by atoms with E-state index >= 15 is 0 Å². The van der Waals surface area contributed by atoms with Crippen molar-refractivity contribution in [1.29, 1.82) is 0 Å². The summed E-state index contributed by atoms with van der Waals surface area (Å²) in [5.41, 5.74) is 0. The summed E-state index contributed by atoms with van der Waals surface area (Å²) in [6, 6.07) is 32.3. The predicted molar refractivity (Wildman–Crippen MR) is 204 cm³/mol. The molecule has 2 fully saturated rings. The highest BCUT2D eigenvalue weighted by atomic mass is 32.1. The molecule has 1 unspecified atom stereocenters. The SMILES string of the molecule is COC(=O)CCCC=CC[C@@H]1[C@@H](C=CC(O[Si](c2ccccc2)(c2ccccc2)C(C)(C)C)c2cc3ccccc3s2)C2(C[C@@H]1O)OCCO2. The summed E-state index contributed by atoms with van der Waals surface area (Å²) in [4.78, 5) is 12.7. The van der Waals surface area contributed by atoms with E-state index in [1.807, 2.05) is 0 Å². The summed E-state index contributed by atoms with van der Waals surface area (Å²) in [7, 11) is -1.52. The van der Waals surface area contributed by atoms with E-state index in [0.717, 1.165) is 17.7 Å². The maximum absolute atomic E-state index is 11.5. The molecule has 1 aliphatic carbocycles. The van der Waals surface area contributed by atoms with Gasteiger partial charge in [0.1, 0.15) is 0 Å². The first-order valence-corrected chi connectivity index (χ1v) is 20.5. The van der Waals surface area contributed by atoms with E-state index in [2.05, 4.69) is 136 Å². The summed E-state index contributed by atoms with van der Waals surface area (Å²) < 4.78 is 26.5. The Bertz CT molecular complexity index is 1680. The molecule has 2 aliphatic rings. The van der Waals surface area contributed by atoms with Crippen LogP contribution in [-0.4, -0.2) is 51.6 Å². The number of aliphatic hydroxyl groups is 1. The molecule has 0 bridgehead atoms. The average Bonchev–Trinajstić information content (AvgIpc) is 3.84. The third kappa shape index (κ3) is 7.61. The Morgan fingerprint density at radius 3 is 2.24 bits per heavy atom. The second-order valence-corrected chi connectivity index (χ2v) is 19.8. The van der Waals surface area contributed by atoms with Crippen LogP contribution in [0, 0.1) is 11.8 Å². The molecule has 8 heteroatoms. The van der Waals surface area contributed by atoms with Crippen LogP contribution in [0.25, 0.3) is 10.1 Å². The van der Waals surface area contributed by atoms with Crippen LogP contribution >= 0.6 is 11.3 Å². The molecule has 264 valence electrons. The lowest BCUT2D eigenvalue weighted by Crippen LogP contribution is -2.66. The molecule has 1 aromatic heterocycles. The molecule has 3 aromatic carbocycles. The number of ether oxygens (including phenoxy) is 3. The van der Waals surface area contributed by atoms with Crippen molar-refractivity contribution >= 4 is 46.1 Å². The quantitative estimate of drug-likeness (QED) is 0.0655. The second-order valence-electron chi connectivity index (χ2n) is 14.4. The fourth-order valence-corrected chi connectivity index (χ4v) is 13.6. The minimum atomic E-state index is -2.94. The lowest BCUT2D eigenvalue weighted by atomic mass is 9.88. The van der Waals surface area contributed by atoms with Crippen molar-refractivity contribution in [2.24, 2.45) is 11.8 Å². The van der Waals surface area contributed by atoms with E-state index < -0.39 is 20.2 Å². The predicted octanol–water partition coefficient (Wildman–Crippen LogP) is 8.10. The van der Waals surface area contributed by atoms with Gasteiger partial charge in [-0.2, -0.15) is 0 Å². The third-order valence-electron chi connectivity index (χ3n) is 10.2. The summed E-state index contributed by atoms with van der Waals surface area (Å²) >= 11 is 1.77. The number of hydrogen-bond acceptors (Lipinski definition) is 7. The molecule has 1 N–H and O–H groups in total. The summed E-state index contributed by atoms with van der Waals surface area (Å²) in [5.74, 6) is -1.35. The number of rotatable bonds is 13. The van der Waals surface area contributed by atoms with Gasteiger partial charge in [0.15, 0.2) is 5.79 Å². The number of hydrogen-bond donors (Lipinski definition) is 1. The smallest absolute Gasteiger partial charge is 0.305 e. The Balaban J connectivity index is 1.40. The van der Waals surface area contributed by atoms with Crippen molar-refractivity contribution in [2.75, 3.05) is 20.3 Å². The Labute approximate surface area is 301 Å². The van der Waals surface area contributed by atoms with E-state index in [-0.39, 0.29) is 28.9 Å². The van der Waals surface area contributed by atoms with Crippen LogP contribution in [-0.2, 0) is 23.4 Å². The van der Waals surface area contributed by atoms with E-state index in [9.17, 15) is 9.90 Å². The zero-order valence-corrected chi connectivity index (χ0v) is 31.4. The van der Waals surface area contributed by atoms with E-state index in [0.29, 0.717) is 32.5 Å². The van der Waals surface area contributed by atoms with Crippen molar-refractivity contribution in [2.45, 2.75) is 75.9 Å². The summed E-state index contributed by atoms with van der Waals surface area (Å²) in [5, 5.41) is 14.9. The topological polar surface area (TPSA) is 74.2 Å². The lowest BCUT2D eigenvalue weighted by Gasteiger charge is -2.44. The van der Waals surface area contributed by atoms with Gasteiger partial charge in [-0.25, -0.2) is 0 Å². The van der Waals surface area contributed by atoms with Crippen molar-refractivity contribution in [1.82, 2.24) is 0 Å². The van der Waals surface area contributed by atoms with Gasteiger partial charge in [0.25, 0.3) is 8.32 Å². The highest BCUT2D eigenvalue weighted by molar-refractivity contribution is 7.19. The highest BCUT2D eigenvalue weighted by Gasteiger charge is 2.56. The van der Waals surface area contributed by atoms with Gasteiger partial charge in [0, 0.05) is 28.3 Å². The number of unbranched alkanes of at least 4 members (excludes halogenated alkanes) is 1. The van der Waals surface area contributed by atoms with E-state index in [1.54, 1.807) is 11.3 Å². The highest BCUT2D eigenvalue weighted by Crippen LogP contribution is 2.49. The molecule has 0 amide bonds. The van der Waals surface area contributed by atoms with E-state index in [1.165, 1.54) is 27.6 Å². The van der Waals surface area contributed by atoms with Crippen LogP contribution in [0.3, 0.4) is 0 Å². The van der Waals surface area contributed by atoms with Crippen LogP contribution in [0.5, 0.6) is 0 Å². The Kier molecular flexibility index (Phi) is 11.6. The molecule has 1 spiro atoms. The molecule has 1 saturated heterocycles. The molecule has 4 atom stereocenters. The molecular formula is C42H50O6SSi. The van der Waals surface area contributed by atoms with Crippen LogP contribution < -0.4 is 10.4 Å². The molecule has 4 aromatic rings. The fraction of sp³-hybridized carbons (Fsp3) is 0.405. The van der Waals surface area contributed by atoms with Crippen molar-refractivity contribution < 1.29 is 28.5 Å². The van der Waals surface area contributed by atoms with Crippen molar-refractivity contribution in [3.05, 3.63) is 120 Å². The largest absolute Gasteiger partial charge is 0.469 e. The number of carbonyl (C=O) groups is 1. The minimum Gasteiger partial charge on any atom is -0.469 e. The average molecular weight is 711 g/mol. The molecule has 1 aliphatic heterocycles. The van der Waals surface area contributed by atoms with Crippen molar-refractivity contribution in [3.63, 3.8) is 0 Å². The first-order chi connectivity index (χ1) is 24.2. The van der Waals surface area contributed by atoms with Gasteiger partial charge in [0.2, 0.25) is 0 Å². The number of esters is 1. The van der Waals surface area contributed by atoms with E-state index in [4.69, 9.17) is 18.6 Å². The molecule has 6 rings (SSSR count). The number of aliphatic hydroxyl groups excluding tert-OH is 1. The number of allylic oxidation sites excluding steroid dienone is 2. The number of fused-ring (bicyclic) bond motifs is 1. The minimum absolute atomic E-state index is 0.0999. The first kappa shape index (κ1) is 36.4. The second kappa shape index (κ2) is 15.9. The van der Waals surface area contributed by atoms with Crippen LogP contribution in [0.4, 0.5) is 0 Å². The number of carbonyl (C=O) groups excluding carboxylic acids is 1. The number of thiophene rings is 1. The summed E-state index contributed by atoms with van der Waals surface area (Å²) in [6.45, 7) is 7.93.